The van der Waals surface area contributed by atoms with Crippen LogP contribution in [0.5, 0.6) is 0 Å². The standard InChI is InChI=1S/C10H7N3O2/c1-12-6-7(5-11)9-3-2-8(13(14)15)4-10(9)12/h2-4,6H,1H3. The van der Waals surface area contributed by atoms with Crippen molar-refractivity contribution < 1.29 is 4.92 Å². The second kappa shape index (κ2) is 3.10. The third kappa shape index (κ3) is 1.32. The summed E-state index contributed by atoms with van der Waals surface area (Å²) in [6.07, 6.45) is 1.66. The first-order valence-corrected chi connectivity index (χ1v) is 4.27. The van der Waals surface area contributed by atoms with Crippen LogP contribution in [0.25, 0.3) is 10.9 Å². The van der Waals surface area contributed by atoms with Gasteiger partial charge in [-0.1, -0.05) is 0 Å². The quantitative estimate of drug-likeness (QED) is 0.523. The van der Waals surface area contributed by atoms with E-state index in [4.69, 9.17) is 5.26 Å². The number of rotatable bonds is 1. The largest absolute Gasteiger partial charge is 0.349 e. The zero-order valence-electron chi connectivity index (χ0n) is 7.97. The summed E-state index contributed by atoms with van der Waals surface area (Å²) in [7, 11) is 1.76. The van der Waals surface area contributed by atoms with Crippen molar-refractivity contribution in [1.82, 2.24) is 4.57 Å². The predicted octanol–water partition coefficient (Wildman–Crippen LogP) is 1.96. The highest BCUT2D eigenvalue weighted by molar-refractivity contribution is 5.88. The van der Waals surface area contributed by atoms with Crippen molar-refractivity contribution in [2.24, 2.45) is 7.05 Å². The lowest BCUT2D eigenvalue weighted by Gasteiger charge is -1.95. The van der Waals surface area contributed by atoms with Crippen molar-refractivity contribution in [2.45, 2.75) is 0 Å². The Hall–Kier alpha value is -2.35. The van der Waals surface area contributed by atoms with Crippen LogP contribution in [0.15, 0.2) is 24.4 Å². The van der Waals surface area contributed by atoms with Gasteiger partial charge in [-0.15, -0.1) is 0 Å². The van der Waals surface area contributed by atoms with Crippen LogP contribution in [-0.2, 0) is 7.05 Å². The van der Waals surface area contributed by atoms with E-state index in [9.17, 15) is 10.1 Å². The Balaban J connectivity index is 2.79. The first kappa shape index (κ1) is 9.21. The first-order chi connectivity index (χ1) is 7.13. The molecule has 0 saturated carbocycles. The number of non-ortho nitro benzene ring substituents is 1. The molecule has 74 valence electrons. The van der Waals surface area contributed by atoms with Gasteiger partial charge in [-0.05, 0) is 6.07 Å². The second-order valence-electron chi connectivity index (χ2n) is 3.22. The van der Waals surface area contributed by atoms with Crippen LogP contribution in [0.4, 0.5) is 5.69 Å². The Labute approximate surface area is 85.3 Å². The molecular formula is C10H7N3O2. The number of nitro groups is 1. The maximum Gasteiger partial charge on any atom is 0.271 e. The van der Waals surface area contributed by atoms with E-state index in [1.165, 1.54) is 12.1 Å². The molecule has 2 rings (SSSR count). The molecule has 5 nitrogen and oxygen atoms in total. The number of aryl methyl sites for hydroxylation is 1. The minimum Gasteiger partial charge on any atom is -0.349 e. The first-order valence-electron chi connectivity index (χ1n) is 4.27. The molecule has 2 aromatic rings. The summed E-state index contributed by atoms with van der Waals surface area (Å²) in [5.41, 5.74) is 1.26. The molecule has 0 aliphatic carbocycles. The molecule has 1 aromatic heterocycles. The Morgan fingerprint density at radius 3 is 2.87 bits per heavy atom. The van der Waals surface area contributed by atoms with Gasteiger partial charge in [-0.3, -0.25) is 10.1 Å². The van der Waals surface area contributed by atoms with Crippen LogP contribution < -0.4 is 0 Å². The van der Waals surface area contributed by atoms with Gasteiger partial charge in [0.15, 0.2) is 0 Å². The summed E-state index contributed by atoms with van der Waals surface area (Å²) in [6.45, 7) is 0. The normalized spacial score (nSPS) is 10.1. The maximum absolute atomic E-state index is 10.6. The van der Waals surface area contributed by atoms with Gasteiger partial charge in [0.05, 0.1) is 16.0 Å². The molecule has 0 spiro atoms. The van der Waals surface area contributed by atoms with Gasteiger partial charge in [0.25, 0.3) is 5.69 Å². The number of hydrogen-bond donors (Lipinski definition) is 0. The third-order valence-corrected chi connectivity index (χ3v) is 2.31. The monoisotopic (exact) mass is 201 g/mol. The van der Waals surface area contributed by atoms with E-state index in [0.717, 1.165) is 5.39 Å². The van der Waals surface area contributed by atoms with Gasteiger partial charge < -0.3 is 4.57 Å². The predicted molar refractivity (Wildman–Crippen MR) is 54.3 cm³/mol. The molecule has 0 fully saturated rings. The summed E-state index contributed by atoms with van der Waals surface area (Å²) in [5, 5.41) is 20.1. The Morgan fingerprint density at radius 2 is 2.27 bits per heavy atom. The lowest BCUT2D eigenvalue weighted by molar-refractivity contribution is -0.384. The molecule has 15 heavy (non-hydrogen) atoms. The number of hydrogen-bond acceptors (Lipinski definition) is 3. The summed E-state index contributed by atoms with van der Waals surface area (Å²) < 4.78 is 1.71. The highest BCUT2D eigenvalue weighted by Crippen LogP contribution is 2.24. The zero-order chi connectivity index (χ0) is 11.0. The zero-order valence-corrected chi connectivity index (χ0v) is 7.97. The van der Waals surface area contributed by atoms with Crippen molar-refractivity contribution in [2.75, 3.05) is 0 Å². The van der Waals surface area contributed by atoms with Crippen molar-refractivity contribution in [3.05, 3.63) is 40.1 Å². The van der Waals surface area contributed by atoms with Crippen LogP contribution in [0.1, 0.15) is 5.56 Å². The summed E-state index contributed by atoms with van der Waals surface area (Å²) in [4.78, 5) is 10.1. The molecule has 1 aromatic carbocycles. The molecule has 0 radical (unpaired) electrons. The molecule has 0 N–H and O–H groups in total. The van der Waals surface area contributed by atoms with E-state index in [0.29, 0.717) is 11.1 Å². The molecule has 0 aliphatic rings. The van der Waals surface area contributed by atoms with Gasteiger partial charge >= 0.3 is 0 Å². The maximum atomic E-state index is 10.6. The van der Waals surface area contributed by atoms with E-state index in [1.807, 2.05) is 6.07 Å². The number of nitrogens with zero attached hydrogens (tertiary/aromatic N) is 3. The Kier molecular flexibility index (Phi) is 1.90. The van der Waals surface area contributed by atoms with Gasteiger partial charge in [0.1, 0.15) is 6.07 Å². The average molecular weight is 201 g/mol. The number of fused-ring (bicyclic) bond motifs is 1. The fourth-order valence-corrected chi connectivity index (χ4v) is 1.57. The molecule has 5 heteroatoms. The summed E-state index contributed by atoms with van der Waals surface area (Å²) in [6, 6.07) is 6.53. The van der Waals surface area contributed by atoms with Crippen LogP contribution in [0.2, 0.25) is 0 Å². The van der Waals surface area contributed by atoms with Crippen molar-refractivity contribution in [3.8, 4) is 6.07 Å². The second-order valence-corrected chi connectivity index (χ2v) is 3.22. The smallest absolute Gasteiger partial charge is 0.271 e. The molecular weight excluding hydrogens is 194 g/mol. The van der Waals surface area contributed by atoms with Crippen molar-refractivity contribution in [1.29, 1.82) is 5.26 Å². The van der Waals surface area contributed by atoms with Crippen molar-refractivity contribution in [3.63, 3.8) is 0 Å². The number of benzene rings is 1. The fourth-order valence-electron chi connectivity index (χ4n) is 1.57. The number of nitriles is 1. The molecule has 1 heterocycles. The van der Waals surface area contributed by atoms with E-state index in [-0.39, 0.29) is 5.69 Å². The number of nitro benzene ring substituents is 1. The van der Waals surface area contributed by atoms with E-state index in [2.05, 4.69) is 0 Å². The van der Waals surface area contributed by atoms with Crippen LogP contribution >= 0.6 is 0 Å². The minimum atomic E-state index is -0.446. The van der Waals surface area contributed by atoms with E-state index in [1.54, 1.807) is 23.9 Å². The minimum absolute atomic E-state index is 0.0354. The van der Waals surface area contributed by atoms with Gasteiger partial charge in [-0.25, -0.2) is 0 Å². The average Bonchev–Trinajstić information content (AvgIpc) is 2.55. The summed E-state index contributed by atoms with van der Waals surface area (Å²) >= 11 is 0. The molecule has 0 amide bonds. The van der Waals surface area contributed by atoms with Crippen LogP contribution in [-0.4, -0.2) is 9.49 Å². The van der Waals surface area contributed by atoms with E-state index < -0.39 is 4.92 Å². The van der Waals surface area contributed by atoms with Crippen molar-refractivity contribution >= 4 is 16.6 Å². The fraction of sp³-hybridized carbons (Fsp3) is 0.100. The topological polar surface area (TPSA) is 71.9 Å². The molecule has 0 saturated heterocycles. The third-order valence-electron chi connectivity index (χ3n) is 2.31. The Bertz CT molecular complexity index is 592. The van der Waals surface area contributed by atoms with Crippen LogP contribution in [0, 0.1) is 21.4 Å². The van der Waals surface area contributed by atoms with Gasteiger partial charge in [-0.2, -0.15) is 5.26 Å². The number of aromatic nitrogens is 1. The van der Waals surface area contributed by atoms with Gasteiger partial charge in [0, 0.05) is 30.8 Å². The summed E-state index contributed by atoms with van der Waals surface area (Å²) in [5.74, 6) is 0. The Morgan fingerprint density at radius 1 is 1.53 bits per heavy atom. The highest BCUT2D eigenvalue weighted by atomic mass is 16.6. The van der Waals surface area contributed by atoms with E-state index >= 15 is 0 Å². The van der Waals surface area contributed by atoms with Crippen LogP contribution in [0.3, 0.4) is 0 Å². The molecule has 0 unspecified atom stereocenters. The molecule has 0 bridgehead atoms. The highest BCUT2D eigenvalue weighted by Gasteiger charge is 2.11. The molecule has 0 atom stereocenters. The SMILES string of the molecule is Cn1cc(C#N)c2ccc([N+](=O)[O-])cc21. The lowest BCUT2D eigenvalue weighted by atomic mass is 10.2. The van der Waals surface area contributed by atoms with Gasteiger partial charge in [0.2, 0.25) is 0 Å². The lowest BCUT2D eigenvalue weighted by Crippen LogP contribution is -1.89. The molecule has 0 aliphatic heterocycles.